The van der Waals surface area contributed by atoms with Crippen LogP contribution in [0.1, 0.15) is 124 Å². The average molecular weight is 409 g/mol. The Hall–Kier alpha value is -0.120. The fourth-order valence-electron chi connectivity index (χ4n) is 7.06. The van der Waals surface area contributed by atoms with Gasteiger partial charge in [-0.2, -0.15) is 0 Å². The highest BCUT2D eigenvalue weighted by Gasteiger charge is 2.37. The Morgan fingerprint density at radius 3 is 2.00 bits per heavy atom. The van der Waals surface area contributed by atoms with Gasteiger partial charge in [0.05, 0.1) is 0 Å². The van der Waals surface area contributed by atoms with Crippen LogP contribution < -0.4 is 5.73 Å². The molecule has 0 saturated heterocycles. The van der Waals surface area contributed by atoms with Crippen molar-refractivity contribution in [2.75, 3.05) is 0 Å². The molecule has 4 N–H and O–H groups in total. The minimum absolute atomic E-state index is 0. The molecule has 0 spiro atoms. The number of nitrogens with zero attached hydrogens (tertiary/aromatic N) is 1. The van der Waals surface area contributed by atoms with E-state index in [9.17, 15) is 0 Å². The van der Waals surface area contributed by atoms with E-state index in [4.69, 9.17) is 5.73 Å². The molecule has 0 aromatic rings. The maximum atomic E-state index is 6.16. The van der Waals surface area contributed by atoms with Gasteiger partial charge in [-0.1, -0.05) is 46.5 Å². The van der Waals surface area contributed by atoms with Gasteiger partial charge in [0.1, 0.15) is 0 Å². The summed E-state index contributed by atoms with van der Waals surface area (Å²) in [4.78, 5) is 3.11. The van der Waals surface area contributed by atoms with Crippen LogP contribution in [-0.4, -0.2) is 34.5 Å². The van der Waals surface area contributed by atoms with E-state index < -0.39 is 0 Å². The number of rotatable bonds is 8. The maximum absolute atomic E-state index is 6.16. The molecule has 3 heteroatoms. The molecule has 0 aromatic heterocycles. The maximum Gasteiger partial charge on any atom is 0.0104 e. The molecule has 3 saturated carbocycles. The first kappa shape index (κ1) is 25.1. The van der Waals surface area contributed by atoms with Gasteiger partial charge < -0.3 is 11.2 Å². The molecule has 3 unspecified atom stereocenters. The van der Waals surface area contributed by atoms with Crippen LogP contribution in [0.2, 0.25) is 0 Å². The molecule has 3 rings (SSSR count). The quantitative estimate of drug-likeness (QED) is 0.528. The van der Waals surface area contributed by atoms with E-state index in [-0.39, 0.29) is 5.48 Å². The molecule has 3 fully saturated rings. The van der Waals surface area contributed by atoms with Crippen molar-refractivity contribution in [3.8, 4) is 0 Å². The zero-order valence-electron chi connectivity index (χ0n) is 19.9. The molecule has 0 bridgehead atoms. The average Bonchev–Trinajstić information content (AvgIpc) is 2.72. The minimum atomic E-state index is 0. The summed E-state index contributed by atoms with van der Waals surface area (Å²) < 4.78 is 0. The van der Waals surface area contributed by atoms with E-state index in [0.717, 1.165) is 35.9 Å². The van der Waals surface area contributed by atoms with E-state index >= 15 is 0 Å². The van der Waals surface area contributed by atoms with Crippen LogP contribution >= 0.6 is 0 Å². The van der Waals surface area contributed by atoms with Crippen molar-refractivity contribution in [3.05, 3.63) is 0 Å². The first-order valence-electron chi connectivity index (χ1n) is 13.1. The highest BCUT2D eigenvalue weighted by molar-refractivity contribution is 4.92. The Morgan fingerprint density at radius 2 is 1.45 bits per heavy atom. The summed E-state index contributed by atoms with van der Waals surface area (Å²) in [5.74, 6) is 2.94. The second-order valence-electron chi connectivity index (χ2n) is 10.8. The first-order chi connectivity index (χ1) is 13.6. The van der Waals surface area contributed by atoms with Crippen LogP contribution in [0.25, 0.3) is 0 Å². The predicted molar refractivity (Wildman–Crippen MR) is 126 cm³/mol. The van der Waals surface area contributed by atoms with E-state index in [1.165, 1.54) is 103 Å². The molecule has 3 aliphatic rings. The van der Waals surface area contributed by atoms with Crippen molar-refractivity contribution in [3.63, 3.8) is 0 Å². The lowest BCUT2D eigenvalue weighted by atomic mass is 9.71. The van der Waals surface area contributed by atoms with E-state index in [0.29, 0.717) is 6.04 Å². The number of nitrogens with two attached hydrogens (primary N) is 1. The standard InChI is InChI=1S/C26H50N2.H2O/c1-4-6-9-24(5-2)28(26-10-7-8-20(3)19-26)25-17-13-22(14-18-25)21-11-15-23(27)16-12-21;/h20-26H,4-19,27H2,1-3H3;1H2. The highest BCUT2D eigenvalue weighted by Crippen LogP contribution is 2.41. The predicted octanol–water partition coefficient (Wildman–Crippen LogP) is 6.09. The molecule has 29 heavy (non-hydrogen) atoms. The summed E-state index contributed by atoms with van der Waals surface area (Å²) >= 11 is 0. The largest absolute Gasteiger partial charge is 0.412 e. The van der Waals surface area contributed by atoms with Crippen molar-refractivity contribution >= 4 is 0 Å². The number of unbranched alkanes of at least 4 members (excludes halogenated alkanes) is 1. The summed E-state index contributed by atoms with van der Waals surface area (Å²) in [6, 6.07) is 3.09. The molecule has 0 radical (unpaired) electrons. The van der Waals surface area contributed by atoms with Gasteiger partial charge in [0.25, 0.3) is 0 Å². The summed E-state index contributed by atoms with van der Waals surface area (Å²) in [5.41, 5.74) is 6.16. The molecule has 3 nitrogen and oxygen atoms in total. The van der Waals surface area contributed by atoms with Gasteiger partial charge in [-0.25, -0.2) is 0 Å². The molecule has 0 aromatic carbocycles. The fraction of sp³-hybridized carbons (Fsp3) is 1.00. The van der Waals surface area contributed by atoms with Gasteiger partial charge in [0, 0.05) is 24.2 Å². The van der Waals surface area contributed by atoms with Crippen molar-refractivity contribution in [1.82, 2.24) is 4.90 Å². The second kappa shape index (κ2) is 12.7. The molecule has 0 heterocycles. The third-order valence-electron chi connectivity index (χ3n) is 8.76. The van der Waals surface area contributed by atoms with Gasteiger partial charge in [0.15, 0.2) is 0 Å². The van der Waals surface area contributed by atoms with E-state index in [2.05, 4.69) is 25.7 Å². The van der Waals surface area contributed by atoms with Crippen LogP contribution in [0, 0.1) is 17.8 Å². The fourth-order valence-corrected chi connectivity index (χ4v) is 7.06. The Labute approximate surface area is 181 Å². The Balaban J connectivity index is 0.00000300. The van der Waals surface area contributed by atoms with Crippen molar-refractivity contribution in [2.24, 2.45) is 23.5 Å². The lowest BCUT2D eigenvalue weighted by Gasteiger charge is -2.49. The van der Waals surface area contributed by atoms with Crippen LogP contribution in [0.4, 0.5) is 0 Å². The van der Waals surface area contributed by atoms with Gasteiger partial charge in [-0.15, -0.1) is 0 Å². The monoisotopic (exact) mass is 408 g/mol. The van der Waals surface area contributed by atoms with Crippen LogP contribution in [0.5, 0.6) is 0 Å². The summed E-state index contributed by atoms with van der Waals surface area (Å²) in [6.45, 7) is 7.32. The van der Waals surface area contributed by atoms with Gasteiger partial charge in [-0.05, 0) is 94.8 Å². The molecule has 172 valence electrons. The molecule has 0 amide bonds. The topological polar surface area (TPSA) is 60.8 Å². The molecule has 3 aliphatic carbocycles. The molecular weight excluding hydrogens is 356 g/mol. The van der Waals surface area contributed by atoms with Crippen LogP contribution in [0.15, 0.2) is 0 Å². The van der Waals surface area contributed by atoms with Gasteiger partial charge in [0.2, 0.25) is 0 Å². The second-order valence-corrected chi connectivity index (χ2v) is 10.8. The minimum Gasteiger partial charge on any atom is -0.412 e. The highest BCUT2D eigenvalue weighted by atomic mass is 16.0. The smallest absolute Gasteiger partial charge is 0.0104 e. The van der Waals surface area contributed by atoms with Crippen molar-refractivity contribution in [1.29, 1.82) is 0 Å². The summed E-state index contributed by atoms with van der Waals surface area (Å²) in [6.07, 6.45) is 22.7. The van der Waals surface area contributed by atoms with Gasteiger partial charge in [-0.3, -0.25) is 4.90 Å². The Bertz CT molecular complexity index is 426. The summed E-state index contributed by atoms with van der Waals surface area (Å²) in [7, 11) is 0. The Morgan fingerprint density at radius 1 is 0.828 bits per heavy atom. The van der Waals surface area contributed by atoms with Gasteiger partial charge >= 0.3 is 0 Å². The molecule has 0 aliphatic heterocycles. The van der Waals surface area contributed by atoms with E-state index in [1.54, 1.807) is 0 Å². The van der Waals surface area contributed by atoms with Crippen LogP contribution in [-0.2, 0) is 0 Å². The molecule has 3 atom stereocenters. The van der Waals surface area contributed by atoms with Crippen LogP contribution in [0.3, 0.4) is 0 Å². The van der Waals surface area contributed by atoms with Crippen molar-refractivity contribution < 1.29 is 5.48 Å². The SMILES string of the molecule is CCCCC(CC)N(C1CCC(C2CCC(N)CC2)CC1)C1CCCC(C)C1.O. The third kappa shape index (κ3) is 6.94. The normalized spacial score (nSPS) is 37.1. The zero-order valence-corrected chi connectivity index (χ0v) is 19.9. The lowest BCUT2D eigenvalue weighted by Crippen LogP contribution is -2.52. The first-order valence-corrected chi connectivity index (χ1v) is 13.1. The number of hydrogen-bond donors (Lipinski definition) is 1. The molecular formula is C26H52N2O. The number of hydrogen-bond acceptors (Lipinski definition) is 2. The summed E-state index contributed by atoms with van der Waals surface area (Å²) in [5, 5.41) is 0. The van der Waals surface area contributed by atoms with E-state index in [1.807, 2.05) is 0 Å². The zero-order chi connectivity index (χ0) is 19.9. The Kier molecular flexibility index (Phi) is 11.0. The van der Waals surface area contributed by atoms with Crippen molar-refractivity contribution in [2.45, 2.75) is 148 Å². The third-order valence-corrected chi connectivity index (χ3v) is 8.76. The lowest BCUT2D eigenvalue weighted by molar-refractivity contribution is 0.00908.